The third-order valence-corrected chi connectivity index (χ3v) is 9.77. The fourth-order valence-corrected chi connectivity index (χ4v) is 6.54. The Balaban J connectivity index is 1.50. The van der Waals surface area contributed by atoms with Crippen LogP contribution in [0.4, 0.5) is 0 Å². The van der Waals surface area contributed by atoms with Crippen molar-refractivity contribution in [1.29, 1.82) is 0 Å². The molecule has 168 valence electrons. The number of amides is 1. The number of H-pyrrole nitrogens is 1. The first kappa shape index (κ1) is 22.4. The van der Waals surface area contributed by atoms with Crippen molar-refractivity contribution in [3.8, 4) is 0 Å². The number of nitrogens with one attached hydrogen (secondary N) is 1. The summed E-state index contributed by atoms with van der Waals surface area (Å²) in [6.07, 6.45) is 1.86. The van der Waals surface area contributed by atoms with Gasteiger partial charge in [0.15, 0.2) is 0 Å². The second-order valence-electron chi connectivity index (χ2n) is 8.15. The molecule has 1 amide bonds. The number of rotatable bonds is 6. The van der Waals surface area contributed by atoms with Gasteiger partial charge in [0, 0.05) is 55.9 Å². The van der Waals surface area contributed by atoms with E-state index in [1.54, 1.807) is 6.07 Å². The molecule has 2 heterocycles. The molecular weight excluding hydrogens is 423 g/mol. The van der Waals surface area contributed by atoms with Gasteiger partial charge in [0.05, 0.1) is 11.1 Å². The predicted molar refractivity (Wildman–Crippen MR) is 128 cm³/mol. The maximum absolute atomic E-state index is 13.1. The van der Waals surface area contributed by atoms with Crippen molar-refractivity contribution >= 4 is 24.0 Å². The van der Waals surface area contributed by atoms with E-state index in [0.29, 0.717) is 55.9 Å². The van der Waals surface area contributed by atoms with Crippen LogP contribution in [0.15, 0.2) is 53.3 Å². The maximum Gasteiger partial charge on any atom is 0.272 e. The van der Waals surface area contributed by atoms with Crippen LogP contribution >= 0.6 is 7.29 Å². The molecule has 1 aromatic heterocycles. The highest BCUT2D eigenvalue weighted by molar-refractivity contribution is 7.61. The minimum atomic E-state index is -2.29. The van der Waals surface area contributed by atoms with Crippen molar-refractivity contribution in [2.24, 2.45) is 0 Å². The second-order valence-corrected chi connectivity index (χ2v) is 11.7. The number of nitrogens with zero attached hydrogens (tertiary/aromatic N) is 3. The van der Waals surface area contributed by atoms with Crippen molar-refractivity contribution in [3.05, 3.63) is 75.7 Å². The Morgan fingerprint density at radius 2 is 1.69 bits per heavy atom. The highest BCUT2D eigenvalue weighted by Gasteiger charge is 2.31. The van der Waals surface area contributed by atoms with Crippen LogP contribution in [0.25, 0.3) is 10.8 Å². The van der Waals surface area contributed by atoms with Crippen molar-refractivity contribution in [1.82, 2.24) is 19.8 Å². The van der Waals surface area contributed by atoms with Gasteiger partial charge in [0.1, 0.15) is 7.29 Å². The van der Waals surface area contributed by atoms with Crippen LogP contribution in [0, 0.1) is 0 Å². The molecule has 32 heavy (non-hydrogen) atoms. The lowest BCUT2D eigenvalue weighted by atomic mass is 10.0. The second kappa shape index (κ2) is 9.39. The SMILES string of the molecule is CCP(=O)(CC)N1CCN(C(=O)c2cccc(Cc3n[nH]c(=O)c4ccccc34)c2)CC1. The minimum Gasteiger partial charge on any atom is -0.336 e. The van der Waals surface area contributed by atoms with E-state index < -0.39 is 7.29 Å². The van der Waals surface area contributed by atoms with Gasteiger partial charge in [-0.25, -0.2) is 9.77 Å². The summed E-state index contributed by atoms with van der Waals surface area (Å²) in [6.45, 7) is 6.43. The van der Waals surface area contributed by atoms with E-state index in [9.17, 15) is 14.2 Å². The zero-order chi connectivity index (χ0) is 22.7. The van der Waals surface area contributed by atoms with E-state index in [2.05, 4.69) is 14.9 Å². The summed E-state index contributed by atoms with van der Waals surface area (Å²) < 4.78 is 15.1. The quantitative estimate of drug-likeness (QED) is 0.578. The van der Waals surface area contributed by atoms with E-state index >= 15 is 0 Å². The predicted octanol–water partition coefficient (Wildman–Crippen LogP) is 3.59. The fourth-order valence-electron chi connectivity index (χ4n) is 4.38. The van der Waals surface area contributed by atoms with Crippen LogP contribution in [0.3, 0.4) is 0 Å². The molecule has 0 spiro atoms. The number of piperazine rings is 1. The van der Waals surface area contributed by atoms with Gasteiger partial charge in [-0.3, -0.25) is 9.59 Å². The molecule has 1 saturated heterocycles. The number of benzene rings is 2. The summed E-state index contributed by atoms with van der Waals surface area (Å²) in [5.41, 5.74) is 2.16. The molecule has 0 radical (unpaired) electrons. The Labute approximate surface area is 187 Å². The zero-order valence-electron chi connectivity index (χ0n) is 18.6. The third kappa shape index (κ3) is 4.41. The normalized spacial score (nSPS) is 15.2. The van der Waals surface area contributed by atoms with E-state index in [4.69, 9.17) is 0 Å². The smallest absolute Gasteiger partial charge is 0.272 e. The van der Waals surface area contributed by atoms with Crippen LogP contribution in [0.2, 0.25) is 0 Å². The van der Waals surface area contributed by atoms with Crippen molar-refractivity contribution in [2.45, 2.75) is 20.3 Å². The fraction of sp³-hybridized carbons (Fsp3) is 0.375. The van der Waals surface area contributed by atoms with Crippen molar-refractivity contribution < 1.29 is 9.36 Å². The first-order chi connectivity index (χ1) is 15.4. The van der Waals surface area contributed by atoms with E-state index in [1.165, 1.54) is 0 Å². The van der Waals surface area contributed by atoms with Crippen molar-refractivity contribution in [3.63, 3.8) is 0 Å². The van der Waals surface area contributed by atoms with E-state index in [0.717, 1.165) is 16.6 Å². The lowest BCUT2D eigenvalue weighted by molar-refractivity contribution is 0.0696. The molecule has 0 saturated carbocycles. The Morgan fingerprint density at radius 1 is 1.00 bits per heavy atom. The number of hydrogen-bond acceptors (Lipinski definition) is 4. The molecule has 0 aliphatic carbocycles. The van der Waals surface area contributed by atoms with Gasteiger partial charge in [-0.2, -0.15) is 5.10 Å². The number of carbonyl (C=O) groups is 1. The Hall–Kier alpha value is -2.76. The van der Waals surface area contributed by atoms with Crippen LogP contribution in [-0.4, -0.2) is 64.2 Å². The lowest BCUT2D eigenvalue weighted by Crippen LogP contribution is -2.47. The summed E-state index contributed by atoms with van der Waals surface area (Å²) >= 11 is 0. The molecule has 1 aliphatic heterocycles. The molecule has 2 aromatic carbocycles. The zero-order valence-corrected chi connectivity index (χ0v) is 19.5. The Morgan fingerprint density at radius 3 is 2.38 bits per heavy atom. The average Bonchev–Trinajstić information content (AvgIpc) is 2.85. The van der Waals surface area contributed by atoms with Crippen LogP contribution in [0.5, 0.6) is 0 Å². The first-order valence-corrected chi connectivity index (χ1v) is 13.2. The molecule has 4 rings (SSSR count). The minimum absolute atomic E-state index is 0.00591. The summed E-state index contributed by atoms with van der Waals surface area (Å²) in [7, 11) is -2.29. The van der Waals surface area contributed by atoms with Crippen LogP contribution < -0.4 is 5.56 Å². The summed E-state index contributed by atoms with van der Waals surface area (Å²) in [5.74, 6) is -0.00591. The molecule has 1 aliphatic rings. The Kier molecular flexibility index (Phi) is 6.58. The van der Waals surface area contributed by atoms with Gasteiger partial charge in [-0.05, 0) is 23.8 Å². The number of fused-ring (bicyclic) bond motifs is 1. The average molecular weight is 452 g/mol. The molecule has 0 atom stereocenters. The van der Waals surface area contributed by atoms with Crippen molar-refractivity contribution in [2.75, 3.05) is 38.5 Å². The van der Waals surface area contributed by atoms with Crippen LogP contribution in [-0.2, 0) is 11.0 Å². The lowest BCUT2D eigenvalue weighted by Gasteiger charge is -2.38. The standard InChI is InChI=1S/C24H29N4O3P/c1-3-32(31,4-2)28-14-12-27(13-15-28)24(30)19-9-7-8-18(16-19)17-22-20-10-5-6-11-21(20)23(29)26-25-22/h5-11,16H,3-4,12-15,17H2,1-2H3,(H,26,29). The van der Waals surface area contributed by atoms with Gasteiger partial charge in [-0.15, -0.1) is 0 Å². The number of aromatic amines is 1. The molecule has 3 aromatic rings. The van der Waals surface area contributed by atoms with Crippen LogP contribution in [0.1, 0.15) is 35.5 Å². The summed E-state index contributed by atoms with van der Waals surface area (Å²) in [4.78, 5) is 27.0. The van der Waals surface area contributed by atoms with Gasteiger partial charge in [0.25, 0.3) is 11.5 Å². The molecule has 7 nitrogen and oxygen atoms in total. The monoisotopic (exact) mass is 452 g/mol. The van der Waals surface area contributed by atoms with E-state index in [-0.39, 0.29) is 11.5 Å². The molecule has 8 heteroatoms. The highest BCUT2D eigenvalue weighted by Crippen LogP contribution is 2.48. The molecule has 0 bridgehead atoms. The van der Waals surface area contributed by atoms with E-state index in [1.807, 2.05) is 61.2 Å². The first-order valence-electron chi connectivity index (χ1n) is 11.1. The molecule has 0 unspecified atom stereocenters. The van der Waals surface area contributed by atoms with Gasteiger partial charge < -0.3 is 9.46 Å². The largest absolute Gasteiger partial charge is 0.336 e. The highest BCUT2D eigenvalue weighted by atomic mass is 31.2. The summed E-state index contributed by atoms with van der Waals surface area (Å²) in [6, 6.07) is 15.0. The van der Waals surface area contributed by atoms with Gasteiger partial charge >= 0.3 is 0 Å². The molecular formula is C24H29N4O3P. The number of aromatic nitrogens is 2. The third-order valence-electron chi connectivity index (χ3n) is 6.37. The topological polar surface area (TPSA) is 86.4 Å². The molecule has 1 N–H and O–H groups in total. The van der Waals surface area contributed by atoms with Gasteiger partial charge in [-0.1, -0.05) is 44.2 Å². The summed E-state index contributed by atoms with van der Waals surface area (Å²) in [5, 5.41) is 8.25. The Bertz CT molecular complexity index is 1220. The number of carbonyl (C=O) groups excluding carboxylic acids is 1. The molecule has 1 fully saturated rings. The van der Waals surface area contributed by atoms with Gasteiger partial charge in [0.2, 0.25) is 0 Å². The number of hydrogen-bond donors (Lipinski definition) is 1. The maximum atomic E-state index is 13.1.